The van der Waals surface area contributed by atoms with Gasteiger partial charge in [0.1, 0.15) is 17.9 Å². The molecule has 1 heterocycles. The van der Waals surface area contributed by atoms with Crippen LogP contribution in [0.5, 0.6) is 5.75 Å². The van der Waals surface area contributed by atoms with Crippen molar-refractivity contribution in [2.75, 3.05) is 6.54 Å². The van der Waals surface area contributed by atoms with Gasteiger partial charge in [0.05, 0.1) is 5.39 Å². The number of ether oxygens (including phenoxy) is 2. The second-order valence-corrected chi connectivity index (χ2v) is 7.66. The Morgan fingerprint density at radius 3 is 2.56 bits per heavy atom. The maximum atomic E-state index is 12.3. The molecule has 0 aliphatic rings. The molecule has 7 heteroatoms. The highest BCUT2D eigenvalue weighted by molar-refractivity contribution is 5.89. The second-order valence-electron chi connectivity index (χ2n) is 7.66. The van der Waals surface area contributed by atoms with Crippen LogP contribution in [0.2, 0.25) is 0 Å². The number of amides is 1. The van der Waals surface area contributed by atoms with E-state index in [2.05, 4.69) is 5.32 Å². The van der Waals surface area contributed by atoms with Gasteiger partial charge in [-0.05, 0) is 55.5 Å². The third-order valence-corrected chi connectivity index (χ3v) is 4.91. The van der Waals surface area contributed by atoms with Crippen molar-refractivity contribution in [3.63, 3.8) is 0 Å². The lowest BCUT2D eigenvalue weighted by molar-refractivity contribution is -0.134. The highest BCUT2D eigenvalue weighted by Crippen LogP contribution is 2.29. The largest absolute Gasteiger partial charge is 0.445 e. The SMILES string of the molecule is Cc1cc(OC(=O)CCCCCNC(=O)OCc2ccccc2)c2c(C)cc(=O)oc2c1. The van der Waals surface area contributed by atoms with Crippen molar-refractivity contribution in [1.29, 1.82) is 0 Å². The summed E-state index contributed by atoms with van der Waals surface area (Å²) in [5.74, 6) is 0.0480. The molecule has 1 N–H and O–H groups in total. The monoisotopic (exact) mass is 437 g/mol. The average Bonchev–Trinajstić information content (AvgIpc) is 2.74. The number of esters is 1. The molecule has 0 fully saturated rings. The second kappa shape index (κ2) is 11.1. The van der Waals surface area contributed by atoms with E-state index in [4.69, 9.17) is 13.9 Å². The zero-order valence-electron chi connectivity index (χ0n) is 18.3. The number of benzene rings is 2. The zero-order valence-corrected chi connectivity index (χ0v) is 18.3. The van der Waals surface area contributed by atoms with E-state index in [0.29, 0.717) is 35.2 Å². The Kier molecular flexibility index (Phi) is 8.02. The minimum Gasteiger partial charge on any atom is -0.445 e. The Morgan fingerprint density at radius 1 is 1.00 bits per heavy atom. The molecule has 3 aromatic rings. The number of nitrogens with one attached hydrogen (secondary N) is 1. The van der Waals surface area contributed by atoms with Crippen LogP contribution in [-0.4, -0.2) is 18.6 Å². The predicted octanol–water partition coefficient (Wildman–Crippen LogP) is 4.80. The fourth-order valence-corrected chi connectivity index (χ4v) is 3.37. The molecule has 0 spiro atoms. The minimum absolute atomic E-state index is 0.231. The smallest absolute Gasteiger partial charge is 0.407 e. The van der Waals surface area contributed by atoms with E-state index >= 15 is 0 Å². The molecule has 0 atom stereocenters. The Hall–Kier alpha value is -3.61. The number of carbonyl (C=O) groups excluding carboxylic acids is 2. The van der Waals surface area contributed by atoms with Gasteiger partial charge in [-0.25, -0.2) is 9.59 Å². The van der Waals surface area contributed by atoms with Gasteiger partial charge in [-0.1, -0.05) is 36.8 Å². The van der Waals surface area contributed by atoms with E-state index < -0.39 is 11.7 Å². The van der Waals surface area contributed by atoms with Crippen molar-refractivity contribution in [3.05, 3.63) is 75.6 Å². The number of carbonyl (C=O) groups is 2. The summed E-state index contributed by atoms with van der Waals surface area (Å²) in [6, 6.07) is 14.4. The lowest BCUT2D eigenvalue weighted by Crippen LogP contribution is -2.25. The number of rotatable bonds is 9. The summed E-state index contributed by atoms with van der Waals surface area (Å²) in [5, 5.41) is 3.33. The zero-order chi connectivity index (χ0) is 22.9. The first kappa shape index (κ1) is 23.1. The topological polar surface area (TPSA) is 94.8 Å². The molecule has 0 unspecified atom stereocenters. The van der Waals surface area contributed by atoms with Crippen LogP contribution < -0.4 is 15.7 Å². The summed E-state index contributed by atoms with van der Waals surface area (Å²) in [6.45, 7) is 4.33. The predicted molar refractivity (Wildman–Crippen MR) is 121 cm³/mol. The molecule has 1 aromatic heterocycles. The van der Waals surface area contributed by atoms with Crippen LogP contribution in [0, 0.1) is 13.8 Å². The molecule has 0 saturated heterocycles. The van der Waals surface area contributed by atoms with Gasteiger partial charge in [0.2, 0.25) is 0 Å². The molecule has 0 aliphatic heterocycles. The van der Waals surface area contributed by atoms with Crippen molar-refractivity contribution >= 4 is 23.0 Å². The first-order chi connectivity index (χ1) is 15.4. The van der Waals surface area contributed by atoms with Crippen molar-refractivity contribution in [3.8, 4) is 5.75 Å². The van der Waals surface area contributed by atoms with E-state index in [9.17, 15) is 14.4 Å². The summed E-state index contributed by atoms with van der Waals surface area (Å²) >= 11 is 0. The van der Waals surface area contributed by atoms with Crippen molar-refractivity contribution in [2.24, 2.45) is 0 Å². The molecule has 168 valence electrons. The van der Waals surface area contributed by atoms with Crippen LogP contribution >= 0.6 is 0 Å². The summed E-state index contributed by atoms with van der Waals surface area (Å²) in [5.41, 5.74) is 2.43. The average molecular weight is 437 g/mol. The normalized spacial score (nSPS) is 10.7. The molecule has 1 amide bonds. The van der Waals surface area contributed by atoms with Gasteiger partial charge in [0.25, 0.3) is 0 Å². The molecule has 3 rings (SSSR count). The molecule has 2 aromatic carbocycles. The minimum atomic E-state index is -0.457. The number of fused-ring (bicyclic) bond motifs is 1. The molecule has 32 heavy (non-hydrogen) atoms. The lowest BCUT2D eigenvalue weighted by atomic mass is 10.1. The fourth-order valence-electron chi connectivity index (χ4n) is 3.37. The third-order valence-electron chi connectivity index (χ3n) is 4.91. The Balaban J connectivity index is 1.38. The standard InChI is InChI=1S/C25H27NO6/c1-17-13-20(24-18(2)15-23(28)32-21(24)14-17)31-22(27)11-7-4-8-12-26-25(29)30-16-19-9-5-3-6-10-19/h3,5-6,9-10,13-15H,4,7-8,11-12,16H2,1-2H3,(H,26,29). The van der Waals surface area contributed by atoms with Crippen LogP contribution in [0.25, 0.3) is 11.0 Å². The van der Waals surface area contributed by atoms with Gasteiger partial charge >= 0.3 is 17.7 Å². The van der Waals surface area contributed by atoms with Crippen LogP contribution in [0.15, 0.2) is 57.7 Å². The molecule has 0 saturated carbocycles. The molecule has 7 nitrogen and oxygen atoms in total. The summed E-state index contributed by atoms with van der Waals surface area (Å²) in [7, 11) is 0. The lowest BCUT2D eigenvalue weighted by Gasteiger charge is -2.10. The maximum absolute atomic E-state index is 12.3. The Bertz CT molecular complexity index is 1140. The number of alkyl carbamates (subject to hydrolysis) is 1. The number of hydrogen-bond acceptors (Lipinski definition) is 6. The van der Waals surface area contributed by atoms with Gasteiger partial charge in [-0.15, -0.1) is 0 Å². The highest BCUT2D eigenvalue weighted by atomic mass is 16.5. The van der Waals surface area contributed by atoms with Gasteiger partial charge in [0.15, 0.2) is 0 Å². The number of hydrogen-bond donors (Lipinski definition) is 1. The van der Waals surface area contributed by atoms with E-state index in [1.54, 1.807) is 19.1 Å². The van der Waals surface area contributed by atoms with Crippen LogP contribution in [0.3, 0.4) is 0 Å². The van der Waals surface area contributed by atoms with Crippen molar-refractivity contribution in [1.82, 2.24) is 5.32 Å². The van der Waals surface area contributed by atoms with Gasteiger partial charge < -0.3 is 19.2 Å². The van der Waals surface area contributed by atoms with E-state index in [-0.39, 0.29) is 19.0 Å². The Morgan fingerprint density at radius 2 is 1.78 bits per heavy atom. The molecule has 0 aliphatic carbocycles. The summed E-state index contributed by atoms with van der Waals surface area (Å²) < 4.78 is 15.9. The molecule has 0 radical (unpaired) electrons. The van der Waals surface area contributed by atoms with Gasteiger partial charge in [0, 0.05) is 19.0 Å². The summed E-state index contributed by atoms with van der Waals surface area (Å²) in [4.78, 5) is 35.6. The van der Waals surface area contributed by atoms with Crippen molar-refractivity contribution in [2.45, 2.75) is 46.1 Å². The van der Waals surface area contributed by atoms with Crippen LogP contribution in [-0.2, 0) is 16.1 Å². The first-order valence-electron chi connectivity index (χ1n) is 10.6. The van der Waals surface area contributed by atoms with E-state index in [1.807, 2.05) is 37.3 Å². The third kappa shape index (κ3) is 6.70. The highest BCUT2D eigenvalue weighted by Gasteiger charge is 2.13. The van der Waals surface area contributed by atoms with E-state index in [1.165, 1.54) is 6.07 Å². The number of unbranched alkanes of at least 4 members (excludes halogenated alkanes) is 2. The molecule has 0 bridgehead atoms. The van der Waals surface area contributed by atoms with Crippen LogP contribution in [0.1, 0.15) is 42.4 Å². The van der Waals surface area contributed by atoms with Crippen molar-refractivity contribution < 1.29 is 23.5 Å². The molecular formula is C25H27NO6. The fraction of sp³-hybridized carbons (Fsp3) is 0.320. The van der Waals surface area contributed by atoms with Crippen LogP contribution in [0.4, 0.5) is 4.79 Å². The first-order valence-corrected chi connectivity index (χ1v) is 10.6. The van der Waals surface area contributed by atoms with Gasteiger partial charge in [-0.2, -0.15) is 0 Å². The maximum Gasteiger partial charge on any atom is 0.407 e. The number of aryl methyl sites for hydroxylation is 2. The van der Waals surface area contributed by atoms with E-state index in [0.717, 1.165) is 24.0 Å². The summed E-state index contributed by atoms with van der Waals surface area (Å²) in [6.07, 6.45) is 1.92. The Labute approximate surface area is 186 Å². The van der Waals surface area contributed by atoms with Gasteiger partial charge in [-0.3, -0.25) is 4.79 Å². The quantitative estimate of drug-likeness (QED) is 0.224. The molecular weight excluding hydrogens is 410 g/mol.